The lowest BCUT2D eigenvalue weighted by Crippen LogP contribution is -2.13. The van der Waals surface area contributed by atoms with E-state index in [1.807, 2.05) is 0 Å². The fourth-order valence-electron chi connectivity index (χ4n) is 0.337. The second kappa shape index (κ2) is 5.15. The summed E-state index contributed by atoms with van der Waals surface area (Å²) in [6, 6.07) is 0. The maximum absolute atomic E-state index is 11.4. The van der Waals surface area contributed by atoms with Crippen molar-refractivity contribution < 1.29 is 27.4 Å². The van der Waals surface area contributed by atoms with Gasteiger partial charge in [0, 0.05) is 12.6 Å². The number of carbonyl (C=O) groups is 1. The summed E-state index contributed by atoms with van der Waals surface area (Å²) in [7, 11) is 0. The van der Waals surface area contributed by atoms with E-state index < -0.39 is 31.3 Å². The van der Waals surface area contributed by atoms with Crippen LogP contribution < -0.4 is 0 Å². The van der Waals surface area contributed by atoms with Crippen LogP contribution in [0.15, 0.2) is 0 Å². The van der Waals surface area contributed by atoms with E-state index in [1.165, 1.54) is 0 Å². The molecule has 0 spiro atoms. The number of hydrogen-bond donors (Lipinski definition) is 0. The van der Waals surface area contributed by atoms with Gasteiger partial charge in [0.2, 0.25) is 0 Å². The van der Waals surface area contributed by atoms with Gasteiger partial charge in [0.1, 0.15) is 0 Å². The van der Waals surface area contributed by atoms with Crippen molar-refractivity contribution in [1.82, 2.24) is 0 Å². The van der Waals surface area contributed by atoms with Crippen LogP contribution in [-0.4, -0.2) is 24.9 Å². The number of hydrogen-bond acceptors (Lipinski definition) is 3. The Balaban J connectivity index is 3.17. The molecule has 0 aliphatic carbocycles. The van der Waals surface area contributed by atoms with Gasteiger partial charge >= 0.3 is 11.5 Å². The molecule has 3 nitrogen and oxygen atoms in total. The van der Waals surface area contributed by atoms with Crippen molar-refractivity contribution in [3.8, 4) is 0 Å². The summed E-state index contributed by atoms with van der Waals surface area (Å²) in [5.74, 6) is 0. The first-order valence-electron chi connectivity index (χ1n) is 2.90. The quantitative estimate of drug-likeness (QED) is 0.399. The highest BCUT2D eigenvalue weighted by Crippen LogP contribution is 2.18. The third kappa shape index (κ3) is 9.44. The Kier molecular flexibility index (Phi) is 4.91. The molecule has 0 amide bonds. The zero-order valence-corrected chi connectivity index (χ0v) is 6.70. The normalized spacial score (nSPS) is 11.2. The van der Waals surface area contributed by atoms with E-state index in [0.717, 1.165) is 0 Å². The molecule has 0 aliphatic heterocycles. The number of ether oxygens (including phenoxy) is 2. The highest BCUT2D eigenvalue weighted by molar-refractivity contribution is 7.96. The molecule has 0 aromatic rings. The van der Waals surface area contributed by atoms with E-state index in [-0.39, 0.29) is 0 Å². The van der Waals surface area contributed by atoms with Crippen molar-refractivity contribution in [1.29, 1.82) is 0 Å². The molecule has 7 heteroatoms. The molecule has 12 heavy (non-hydrogen) atoms. The van der Waals surface area contributed by atoms with Crippen LogP contribution in [0.2, 0.25) is 0 Å². The van der Waals surface area contributed by atoms with E-state index in [9.17, 15) is 18.0 Å². The predicted molar refractivity (Wildman–Crippen MR) is 35.6 cm³/mol. The largest absolute Gasteiger partial charge is 0.427 e. The maximum atomic E-state index is 11.4. The molecule has 0 bridgehead atoms. The summed E-state index contributed by atoms with van der Waals surface area (Å²) in [6.07, 6.45) is -5.32. The molecule has 0 rings (SSSR count). The smallest absolute Gasteiger partial charge is 0.402 e. The van der Waals surface area contributed by atoms with Crippen LogP contribution in [-0.2, 0) is 9.47 Å². The maximum Gasteiger partial charge on any atom is 0.402 e. The number of halogens is 3. The van der Waals surface area contributed by atoms with Crippen LogP contribution in [0.25, 0.3) is 0 Å². The summed E-state index contributed by atoms with van der Waals surface area (Å²) in [5.41, 5.74) is 0. The molecule has 0 aromatic carbocycles. The molecule has 0 N–H and O–H groups in total. The van der Waals surface area contributed by atoms with Gasteiger partial charge < -0.3 is 9.47 Å². The van der Waals surface area contributed by atoms with Crippen molar-refractivity contribution >= 4 is 17.9 Å². The van der Waals surface area contributed by atoms with E-state index in [2.05, 4.69) is 22.1 Å². The first-order chi connectivity index (χ1) is 5.42. The zero-order valence-electron chi connectivity index (χ0n) is 5.89. The van der Waals surface area contributed by atoms with E-state index in [4.69, 9.17) is 0 Å². The minimum atomic E-state index is -4.25. The standard InChI is InChI=1S/C5H6F3O3S/c6-5(7,8)1-2-10-3-11-4(9)12/h1-3H2. The van der Waals surface area contributed by atoms with Gasteiger partial charge in [-0.3, -0.25) is 0 Å². The Bertz CT molecular complexity index is 147. The van der Waals surface area contributed by atoms with Gasteiger partial charge in [-0.25, -0.2) is 4.79 Å². The fraction of sp³-hybridized carbons (Fsp3) is 0.800. The minimum absolute atomic E-state index is 0.529. The average Bonchev–Trinajstić information content (AvgIpc) is 1.83. The average molecular weight is 203 g/mol. The molecule has 0 saturated heterocycles. The minimum Gasteiger partial charge on any atom is -0.427 e. The van der Waals surface area contributed by atoms with Crippen LogP contribution in [0.4, 0.5) is 18.0 Å². The van der Waals surface area contributed by atoms with Crippen LogP contribution >= 0.6 is 12.6 Å². The predicted octanol–water partition coefficient (Wildman–Crippen LogP) is 2.25. The summed E-state index contributed by atoms with van der Waals surface area (Å²) in [6.45, 7) is -1.06. The first kappa shape index (κ1) is 11.4. The second-order valence-electron chi connectivity index (χ2n) is 1.79. The van der Waals surface area contributed by atoms with Crippen molar-refractivity contribution in [2.24, 2.45) is 0 Å². The van der Waals surface area contributed by atoms with Crippen LogP contribution in [0, 0.1) is 0 Å². The lowest BCUT2D eigenvalue weighted by molar-refractivity contribution is -0.150. The molecule has 0 unspecified atom stereocenters. The van der Waals surface area contributed by atoms with Crippen LogP contribution in [0.1, 0.15) is 6.42 Å². The highest BCUT2D eigenvalue weighted by Gasteiger charge is 2.26. The van der Waals surface area contributed by atoms with Gasteiger partial charge in [0.25, 0.3) is 0 Å². The van der Waals surface area contributed by atoms with Gasteiger partial charge in [-0.15, -0.1) is 0 Å². The van der Waals surface area contributed by atoms with Crippen molar-refractivity contribution in [3.63, 3.8) is 0 Å². The Labute approximate surface area is 72.2 Å². The van der Waals surface area contributed by atoms with Crippen LogP contribution in [0.5, 0.6) is 0 Å². The molecule has 0 heterocycles. The Morgan fingerprint density at radius 3 is 2.42 bits per heavy atom. The van der Waals surface area contributed by atoms with Crippen molar-refractivity contribution in [3.05, 3.63) is 0 Å². The summed E-state index contributed by atoms with van der Waals surface area (Å²) < 4.78 is 42.6. The lowest BCUT2D eigenvalue weighted by atomic mass is 10.4. The summed E-state index contributed by atoms with van der Waals surface area (Å²) >= 11 is 3.94. The third-order valence-electron chi connectivity index (χ3n) is 0.790. The molecule has 0 aromatic heterocycles. The van der Waals surface area contributed by atoms with Gasteiger partial charge in [-0.05, 0) is 0 Å². The zero-order chi connectivity index (χ0) is 9.61. The number of rotatable bonds is 4. The van der Waals surface area contributed by atoms with E-state index >= 15 is 0 Å². The Hall–Kier alpha value is -0.560. The highest BCUT2D eigenvalue weighted by atomic mass is 32.1. The molecule has 1 radical (unpaired) electrons. The van der Waals surface area contributed by atoms with Gasteiger partial charge in [-0.2, -0.15) is 13.2 Å². The van der Waals surface area contributed by atoms with E-state index in [0.29, 0.717) is 0 Å². The molecule has 0 fully saturated rings. The SMILES string of the molecule is O=C([S])OCOCCC(F)(F)F. The fourth-order valence-corrected chi connectivity index (χ4v) is 0.385. The Morgan fingerprint density at radius 2 is 2.00 bits per heavy atom. The Morgan fingerprint density at radius 1 is 1.42 bits per heavy atom. The molecule has 0 atom stereocenters. The van der Waals surface area contributed by atoms with E-state index in [1.54, 1.807) is 0 Å². The van der Waals surface area contributed by atoms with Gasteiger partial charge in [-0.1, -0.05) is 0 Å². The van der Waals surface area contributed by atoms with Gasteiger partial charge in [0.15, 0.2) is 6.79 Å². The number of carbonyl (C=O) groups excluding carboxylic acids is 1. The molecule has 0 saturated carbocycles. The molecule has 0 aliphatic rings. The second-order valence-corrected chi connectivity index (χ2v) is 2.12. The van der Waals surface area contributed by atoms with Gasteiger partial charge in [0.05, 0.1) is 13.0 Å². The van der Waals surface area contributed by atoms with Crippen molar-refractivity contribution in [2.45, 2.75) is 12.6 Å². The third-order valence-corrected chi connectivity index (χ3v) is 0.908. The number of alkyl halides is 3. The molecular weight excluding hydrogens is 197 g/mol. The summed E-state index contributed by atoms with van der Waals surface area (Å²) in [4.78, 5) is 9.89. The monoisotopic (exact) mass is 203 g/mol. The first-order valence-corrected chi connectivity index (χ1v) is 3.31. The lowest BCUT2D eigenvalue weighted by Gasteiger charge is -2.05. The topological polar surface area (TPSA) is 35.5 Å². The summed E-state index contributed by atoms with van der Waals surface area (Å²) in [5, 5.41) is -0.998. The molecular formula is C5H6F3O3S. The molecule has 71 valence electrons. The van der Waals surface area contributed by atoms with Crippen molar-refractivity contribution in [2.75, 3.05) is 13.4 Å². The van der Waals surface area contributed by atoms with Crippen LogP contribution in [0.3, 0.4) is 0 Å².